The summed E-state index contributed by atoms with van der Waals surface area (Å²) in [5.74, 6) is -0.455. The van der Waals surface area contributed by atoms with Crippen LogP contribution in [0.3, 0.4) is 0 Å². The van der Waals surface area contributed by atoms with Gasteiger partial charge in [0, 0.05) is 12.5 Å². The monoisotopic (exact) mass is 428 g/mol. The van der Waals surface area contributed by atoms with E-state index in [-0.39, 0.29) is 17.6 Å². The van der Waals surface area contributed by atoms with Crippen LogP contribution >= 0.6 is 0 Å². The Kier molecular flexibility index (Phi) is 8.59. The Morgan fingerprint density at radius 2 is 1.43 bits per heavy atom. The highest BCUT2D eigenvalue weighted by Gasteiger charge is 2.50. The van der Waals surface area contributed by atoms with Crippen molar-refractivity contribution in [2.24, 2.45) is 11.8 Å². The molecule has 0 spiro atoms. The summed E-state index contributed by atoms with van der Waals surface area (Å²) in [6.07, 6.45) is 0.974. The van der Waals surface area contributed by atoms with Crippen molar-refractivity contribution < 1.29 is 13.9 Å². The van der Waals surface area contributed by atoms with E-state index in [0.717, 1.165) is 0 Å². The summed E-state index contributed by atoms with van der Waals surface area (Å²) < 4.78 is 21.3. The van der Waals surface area contributed by atoms with E-state index >= 15 is 0 Å². The lowest BCUT2D eigenvalue weighted by atomic mass is 10.0. The van der Waals surface area contributed by atoms with Gasteiger partial charge < -0.3 is 9.53 Å². The molecule has 0 aliphatic heterocycles. The van der Waals surface area contributed by atoms with Crippen molar-refractivity contribution in [2.75, 3.05) is 6.61 Å². The zero-order chi connectivity index (χ0) is 22.4. The molecular weight excluding hydrogens is 391 g/mol. The highest BCUT2D eigenvalue weighted by Crippen LogP contribution is 2.37. The van der Waals surface area contributed by atoms with Crippen LogP contribution in [0.5, 0.6) is 0 Å². The van der Waals surface area contributed by atoms with E-state index in [1.54, 1.807) is 0 Å². The number of aliphatic hydroxyl groups is 1. The van der Waals surface area contributed by atoms with Crippen molar-refractivity contribution in [2.45, 2.75) is 59.1 Å². The van der Waals surface area contributed by atoms with Crippen molar-refractivity contribution in [3.05, 3.63) is 72.6 Å². The molecule has 0 unspecified atom stereocenters. The number of hydrogen-bond acceptors (Lipinski definition) is 2. The number of hydrogen-bond donors (Lipinski definition) is 1. The van der Waals surface area contributed by atoms with Gasteiger partial charge in [0.2, 0.25) is 0 Å². The van der Waals surface area contributed by atoms with Crippen LogP contribution in [0.1, 0.15) is 48.0 Å². The Morgan fingerprint density at radius 3 is 1.83 bits per heavy atom. The van der Waals surface area contributed by atoms with Gasteiger partial charge in [-0.05, 0) is 33.8 Å². The van der Waals surface area contributed by atoms with E-state index in [1.807, 2.05) is 57.2 Å². The Bertz CT molecular complexity index is 757. The largest absolute Gasteiger partial charge is 0.407 e. The van der Waals surface area contributed by atoms with Crippen LogP contribution in [0, 0.1) is 11.8 Å². The Hall–Kier alpha value is -1.75. The van der Waals surface area contributed by atoms with E-state index < -0.39 is 20.2 Å². The van der Waals surface area contributed by atoms with Gasteiger partial charge in [-0.3, -0.25) is 0 Å². The molecule has 2 aromatic rings. The number of halogens is 1. The molecule has 2 nitrogen and oxygen atoms in total. The summed E-state index contributed by atoms with van der Waals surface area (Å²) in [5.41, 5.74) is 0. The van der Waals surface area contributed by atoms with Gasteiger partial charge in [-0.2, -0.15) is 0 Å². The average Bonchev–Trinajstić information content (AvgIpc) is 2.72. The van der Waals surface area contributed by atoms with E-state index in [1.165, 1.54) is 16.4 Å². The molecule has 0 aromatic heterocycles. The molecule has 164 valence electrons. The van der Waals surface area contributed by atoms with Crippen molar-refractivity contribution in [1.82, 2.24) is 0 Å². The molecule has 0 saturated heterocycles. The van der Waals surface area contributed by atoms with Crippen molar-refractivity contribution in [3.63, 3.8) is 0 Å². The fourth-order valence-electron chi connectivity index (χ4n) is 3.85. The summed E-state index contributed by atoms with van der Waals surface area (Å²) >= 11 is 0. The van der Waals surface area contributed by atoms with Crippen molar-refractivity contribution in [3.8, 4) is 0 Å². The van der Waals surface area contributed by atoms with E-state index in [2.05, 4.69) is 45.0 Å². The number of rotatable bonds is 9. The first kappa shape index (κ1) is 24.5. The molecular formula is C26H37FO2Si. The zero-order valence-corrected chi connectivity index (χ0v) is 20.2. The molecule has 2 rings (SSSR count). The highest BCUT2D eigenvalue weighted by atomic mass is 28.4. The van der Waals surface area contributed by atoms with E-state index in [4.69, 9.17) is 4.43 Å². The third-order valence-corrected chi connectivity index (χ3v) is 10.6. The average molecular weight is 429 g/mol. The van der Waals surface area contributed by atoms with Crippen LogP contribution in [0.15, 0.2) is 72.6 Å². The van der Waals surface area contributed by atoms with Gasteiger partial charge in [0.25, 0.3) is 8.32 Å². The highest BCUT2D eigenvalue weighted by molar-refractivity contribution is 6.99. The van der Waals surface area contributed by atoms with Crippen LogP contribution in [0.25, 0.3) is 0 Å². The summed E-state index contributed by atoms with van der Waals surface area (Å²) in [6, 6.07) is 20.7. The lowest BCUT2D eigenvalue weighted by molar-refractivity contribution is 0.0904. The first-order valence-corrected chi connectivity index (χ1v) is 12.8. The fraction of sp³-hybridized carbons (Fsp3) is 0.462. The summed E-state index contributed by atoms with van der Waals surface area (Å²) in [4.78, 5) is 0. The second-order valence-electron chi connectivity index (χ2n) is 9.61. The Morgan fingerprint density at radius 1 is 0.967 bits per heavy atom. The van der Waals surface area contributed by atoms with Gasteiger partial charge in [0.1, 0.15) is 11.9 Å². The van der Waals surface area contributed by atoms with Crippen LogP contribution in [-0.4, -0.2) is 26.1 Å². The van der Waals surface area contributed by atoms with Gasteiger partial charge in [0.05, 0.1) is 0 Å². The Labute approximate surface area is 182 Å². The van der Waals surface area contributed by atoms with Gasteiger partial charge in [-0.15, -0.1) is 0 Å². The molecule has 0 aliphatic rings. The second kappa shape index (κ2) is 10.5. The van der Waals surface area contributed by atoms with Gasteiger partial charge in [-0.1, -0.05) is 102 Å². The molecule has 30 heavy (non-hydrogen) atoms. The number of allylic oxidation sites excluding steroid dienone is 1. The molecule has 4 heteroatoms. The second-order valence-corrected chi connectivity index (χ2v) is 13.9. The van der Waals surface area contributed by atoms with Gasteiger partial charge >= 0.3 is 0 Å². The number of benzene rings is 2. The molecule has 0 amide bonds. The molecule has 0 aliphatic carbocycles. The quantitative estimate of drug-likeness (QED) is 0.538. The lowest BCUT2D eigenvalue weighted by Gasteiger charge is -2.43. The van der Waals surface area contributed by atoms with E-state index in [0.29, 0.717) is 12.3 Å². The molecule has 1 N–H and O–H groups in total. The summed E-state index contributed by atoms with van der Waals surface area (Å²) in [7, 11) is -2.68. The SMILES string of the molecule is CC(C)C/C=C(/F)[C@H](O)[C@@H](C)CO[Si](c1ccccc1)(c1ccccc1)C(C)(C)C. The minimum absolute atomic E-state index is 0.146. The minimum Gasteiger partial charge on any atom is -0.407 e. The van der Waals surface area contributed by atoms with Crippen LogP contribution in [0.4, 0.5) is 4.39 Å². The fourth-order valence-corrected chi connectivity index (χ4v) is 8.52. The maximum absolute atomic E-state index is 14.5. The number of aliphatic hydroxyl groups excluding tert-OH is 1. The maximum Gasteiger partial charge on any atom is 0.261 e. The molecule has 0 saturated carbocycles. The summed E-state index contributed by atoms with van der Waals surface area (Å²) in [5, 5.41) is 12.7. The van der Waals surface area contributed by atoms with Crippen LogP contribution in [-0.2, 0) is 4.43 Å². The smallest absolute Gasteiger partial charge is 0.261 e. The molecule has 0 heterocycles. The standard InChI is InChI=1S/C26H37FO2Si/c1-20(2)17-18-24(27)25(28)21(3)19-29-30(26(4,5)6,22-13-9-7-10-14-22)23-15-11-8-12-16-23/h7-16,18,20-21,25,28H,17,19H2,1-6H3/b24-18+/t21-,25+/m0/s1. The van der Waals surface area contributed by atoms with Crippen LogP contribution in [0.2, 0.25) is 5.04 Å². The van der Waals surface area contributed by atoms with Gasteiger partial charge in [0.15, 0.2) is 0 Å². The normalized spacial score (nSPS) is 15.3. The predicted octanol–water partition coefficient (Wildman–Crippen LogP) is 5.46. The topological polar surface area (TPSA) is 29.5 Å². The molecule has 2 atom stereocenters. The first-order valence-electron chi connectivity index (χ1n) is 10.9. The maximum atomic E-state index is 14.5. The molecule has 0 bridgehead atoms. The lowest BCUT2D eigenvalue weighted by Crippen LogP contribution is -2.67. The van der Waals surface area contributed by atoms with Crippen molar-refractivity contribution >= 4 is 18.7 Å². The first-order chi connectivity index (χ1) is 14.1. The van der Waals surface area contributed by atoms with E-state index in [9.17, 15) is 9.50 Å². The molecule has 0 fully saturated rings. The zero-order valence-electron chi connectivity index (χ0n) is 19.2. The summed E-state index contributed by atoms with van der Waals surface area (Å²) in [6.45, 7) is 12.8. The predicted molar refractivity (Wildman–Crippen MR) is 127 cm³/mol. The van der Waals surface area contributed by atoms with Crippen LogP contribution < -0.4 is 10.4 Å². The molecule has 0 radical (unpaired) electrons. The third-order valence-electron chi connectivity index (χ3n) is 5.59. The van der Waals surface area contributed by atoms with Crippen molar-refractivity contribution in [1.29, 1.82) is 0 Å². The third kappa shape index (κ3) is 5.69. The van der Waals surface area contributed by atoms with Gasteiger partial charge in [-0.25, -0.2) is 4.39 Å². The minimum atomic E-state index is -2.68. The molecule has 2 aromatic carbocycles. The Balaban J connectivity index is 2.38.